The van der Waals surface area contributed by atoms with Crippen LogP contribution in [-0.4, -0.2) is 46.5 Å². The van der Waals surface area contributed by atoms with E-state index in [1.807, 2.05) is 11.9 Å². The van der Waals surface area contributed by atoms with E-state index in [0.29, 0.717) is 6.54 Å². The first kappa shape index (κ1) is 14.6. The number of guanidine groups is 1. The Balaban J connectivity index is 2.17. The van der Waals surface area contributed by atoms with E-state index in [2.05, 4.69) is 10.3 Å². The fourth-order valence-corrected chi connectivity index (χ4v) is 2.71. The summed E-state index contributed by atoms with van der Waals surface area (Å²) in [4.78, 5) is 6.29. The van der Waals surface area contributed by atoms with Crippen molar-refractivity contribution in [1.82, 2.24) is 10.2 Å². The Labute approximate surface area is 118 Å². The minimum absolute atomic E-state index is 0.0129. The van der Waals surface area contributed by atoms with Crippen LogP contribution in [0, 0.1) is 0 Å². The number of primary sulfonamides is 1. The summed E-state index contributed by atoms with van der Waals surface area (Å²) in [5.74, 6) is 1.05. The highest BCUT2D eigenvalue weighted by Crippen LogP contribution is 2.23. The molecule has 0 atom stereocenters. The van der Waals surface area contributed by atoms with Gasteiger partial charge in [0.05, 0.1) is 13.7 Å². The van der Waals surface area contributed by atoms with Crippen molar-refractivity contribution in [1.29, 1.82) is 0 Å². The fourth-order valence-electron chi connectivity index (χ4n) is 1.96. The minimum Gasteiger partial charge on any atom is -0.495 e. The largest absolute Gasteiger partial charge is 0.495 e. The van der Waals surface area contributed by atoms with Crippen LogP contribution >= 0.6 is 0 Å². The number of hydrogen-bond donors (Lipinski definition) is 2. The van der Waals surface area contributed by atoms with Crippen LogP contribution in [0.3, 0.4) is 0 Å². The smallest absolute Gasteiger partial charge is 0.241 e. The van der Waals surface area contributed by atoms with E-state index in [9.17, 15) is 8.42 Å². The third kappa shape index (κ3) is 3.20. The number of nitrogens with two attached hydrogens (primary N) is 1. The maximum atomic E-state index is 11.5. The van der Waals surface area contributed by atoms with E-state index >= 15 is 0 Å². The summed E-state index contributed by atoms with van der Waals surface area (Å²) >= 11 is 0. The van der Waals surface area contributed by atoms with Crippen LogP contribution in [-0.2, 0) is 16.6 Å². The zero-order chi connectivity index (χ0) is 14.8. The fraction of sp³-hybridized carbons (Fsp3) is 0.417. The summed E-state index contributed by atoms with van der Waals surface area (Å²) < 4.78 is 28.1. The maximum Gasteiger partial charge on any atom is 0.241 e. The molecule has 3 N–H and O–H groups in total. The molecule has 0 saturated carbocycles. The van der Waals surface area contributed by atoms with Gasteiger partial charge in [0.2, 0.25) is 10.0 Å². The molecule has 1 aliphatic rings. The summed E-state index contributed by atoms with van der Waals surface area (Å²) in [5, 5.41) is 8.35. The second-order valence-electron chi connectivity index (χ2n) is 4.51. The highest BCUT2D eigenvalue weighted by molar-refractivity contribution is 7.89. The zero-order valence-corrected chi connectivity index (χ0v) is 12.3. The monoisotopic (exact) mass is 298 g/mol. The topological polar surface area (TPSA) is 97.0 Å². The summed E-state index contributed by atoms with van der Waals surface area (Å²) in [6, 6.07) is 4.89. The van der Waals surface area contributed by atoms with E-state index in [-0.39, 0.29) is 10.6 Å². The van der Waals surface area contributed by atoms with Gasteiger partial charge in [-0.25, -0.2) is 13.6 Å². The molecule has 0 aromatic heterocycles. The number of ether oxygens (including phenoxy) is 1. The molecule has 110 valence electrons. The Kier molecular flexibility index (Phi) is 4.15. The molecule has 1 aliphatic heterocycles. The van der Waals surface area contributed by atoms with Crippen LogP contribution in [0.4, 0.5) is 0 Å². The third-order valence-corrected chi connectivity index (χ3v) is 3.98. The number of nitrogens with zero attached hydrogens (tertiary/aromatic N) is 2. The van der Waals surface area contributed by atoms with Crippen molar-refractivity contribution in [3.63, 3.8) is 0 Å². The number of nitrogens with one attached hydrogen (secondary N) is 1. The molecule has 0 spiro atoms. The van der Waals surface area contributed by atoms with Crippen LogP contribution < -0.4 is 15.2 Å². The van der Waals surface area contributed by atoms with Crippen molar-refractivity contribution in [3.8, 4) is 5.75 Å². The second-order valence-corrected chi connectivity index (χ2v) is 6.04. The standard InChI is InChI=1S/C12H18N4O3S/c1-16-6-5-14-12(16)15-8-9-3-4-10(19-2)11(7-9)20(13,17)18/h3-4,7H,5-6,8H2,1-2H3,(H,14,15)(H2,13,17,18). The first-order valence-corrected chi connectivity index (χ1v) is 7.65. The number of methoxy groups -OCH3 is 1. The van der Waals surface area contributed by atoms with Crippen LogP contribution in [0.15, 0.2) is 28.1 Å². The Morgan fingerprint density at radius 1 is 1.50 bits per heavy atom. The maximum absolute atomic E-state index is 11.5. The molecule has 0 aliphatic carbocycles. The highest BCUT2D eigenvalue weighted by Gasteiger charge is 2.16. The molecular formula is C12H18N4O3S. The first-order chi connectivity index (χ1) is 9.41. The van der Waals surface area contributed by atoms with Crippen molar-refractivity contribution in [2.24, 2.45) is 10.1 Å². The summed E-state index contributed by atoms with van der Waals surface area (Å²) in [6.07, 6.45) is 0. The number of sulfonamides is 1. The van der Waals surface area contributed by atoms with Crippen molar-refractivity contribution >= 4 is 16.0 Å². The lowest BCUT2D eigenvalue weighted by atomic mass is 10.2. The third-order valence-electron chi connectivity index (χ3n) is 3.04. The average molecular weight is 298 g/mol. The Morgan fingerprint density at radius 2 is 2.25 bits per heavy atom. The second kappa shape index (κ2) is 5.68. The SMILES string of the molecule is COc1ccc(CNC2=NCCN2C)cc1S(N)(=O)=O. The molecule has 0 radical (unpaired) electrons. The molecule has 1 aromatic carbocycles. The molecule has 7 nitrogen and oxygen atoms in total. The molecule has 1 aromatic rings. The van der Waals surface area contributed by atoms with Gasteiger partial charge < -0.3 is 15.0 Å². The van der Waals surface area contributed by atoms with Crippen molar-refractivity contribution < 1.29 is 13.2 Å². The number of rotatable bonds is 4. The Bertz CT molecular complexity index is 628. The van der Waals surface area contributed by atoms with Gasteiger partial charge in [0.15, 0.2) is 5.96 Å². The van der Waals surface area contributed by atoms with Gasteiger partial charge in [0.25, 0.3) is 0 Å². The van der Waals surface area contributed by atoms with Crippen LogP contribution in [0.25, 0.3) is 0 Å². The van der Waals surface area contributed by atoms with Crippen LogP contribution in [0.1, 0.15) is 5.56 Å². The molecule has 0 bridgehead atoms. The van der Waals surface area contributed by atoms with Gasteiger partial charge in [0.1, 0.15) is 10.6 Å². The van der Waals surface area contributed by atoms with E-state index in [1.54, 1.807) is 12.1 Å². The van der Waals surface area contributed by atoms with Gasteiger partial charge in [-0.15, -0.1) is 0 Å². The quantitative estimate of drug-likeness (QED) is 0.798. The molecular weight excluding hydrogens is 280 g/mol. The number of hydrogen-bond acceptors (Lipinski definition) is 6. The molecule has 8 heteroatoms. The number of aliphatic imine (C=N–C) groups is 1. The van der Waals surface area contributed by atoms with E-state index < -0.39 is 10.0 Å². The molecule has 2 rings (SSSR count). The lowest BCUT2D eigenvalue weighted by Gasteiger charge is -2.16. The average Bonchev–Trinajstić information content (AvgIpc) is 2.80. The van der Waals surface area contributed by atoms with Crippen molar-refractivity contribution in [3.05, 3.63) is 23.8 Å². The van der Waals surface area contributed by atoms with Crippen LogP contribution in [0.5, 0.6) is 5.75 Å². The highest BCUT2D eigenvalue weighted by atomic mass is 32.2. The normalized spacial score (nSPS) is 15.2. The summed E-state index contributed by atoms with van der Waals surface area (Å²) in [6.45, 7) is 2.12. The lowest BCUT2D eigenvalue weighted by molar-refractivity contribution is 0.402. The molecule has 0 unspecified atom stereocenters. The van der Waals surface area contributed by atoms with E-state index in [4.69, 9.17) is 9.88 Å². The minimum atomic E-state index is -3.81. The predicted octanol–water partition coefficient (Wildman–Crippen LogP) is -0.266. The molecule has 0 fully saturated rings. The Hall–Kier alpha value is -1.80. The predicted molar refractivity (Wildman–Crippen MR) is 76.1 cm³/mol. The van der Waals surface area contributed by atoms with Gasteiger partial charge in [-0.1, -0.05) is 6.07 Å². The van der Waals surface area contributed by atoms with Crippen LogP contribution in [0.2, 0.25) is 0 Å². The molecule has 0 saturated heterocycles. The van der Waals surface area contributed by atoms with Gasteiger partial charge in [-0.3, -0.25) is 4.99 Å². The van der Waals surface area contributed by atoms with Crippen molar-refractivity contribution in [2.45, 2.75) is 11.4 Å². The van der Waals surface area contributed by atoms with Crippen molar-refractivity contribution in [2.75, 3.05) is 27.2 Å². The molecule has 20 heavy (non-hydrogen) atoms. The van der Waals surface area contributed by atoms with E-state index in [1.165, 1.54) is 13.2 Å². The zero-order valence-electron chi connectivity index (χ0n) is 11.5. The number of benzene rings is 1. The van der Waals surface area contributed by atoms with E-state index in [0.717, 1.165) is 24.6 Å². The summed E-state index contributed by atoms with van der Waals surface area (Å²) in [5.41, 5.74) is 0.790. The number of likely N-dealkylation sites (N-methyl/N-ethyl adjacent to an activating group) is 1. The van der Waals surface area contributed by atoms with Gasteiger partial charge in [-0.05, 0) is 17.7 Å². The molecule has 1 heterocycles. The van der Waals surface area contributed by atoms with Gasteiger partial charge >= 0.3 is 0 Å². The molecule has 0 amide bonds. The van der Waals surface area contributed by atoms with Gasteiger partial charge in [-0.2, -0.15) is 0 Å². The van der Waals surface area contributed by atoms with Gasteiger partial charge in [0, 0.05) is 20.1 Å². The Morgan fingerprint density at radius 3 is 2.80 bits per heavy atom. The first-order valence-electron chi connectivity index (χ1n) is 6.11. The summed E-state index contributed by atoms with van der Waals surface area (Å²) in [7, 11) is -0.456. The lowest BCUT2D eigenvalue weighted by Crippen LogP contribution is -2.35.